The van der Waals surface area contributed by atoms with Crippen molar-refractivity contribution in [3.05, 3.63) is 42.2 Å². The van der Waals surface area contributed by atoms with Crippen LogP contribution in [0.25, 0.3) is 11.3 Å². The highest BCUT2D eigenvalue weighted by Crippen LogP contribution is 2.26. The molecule has 2 aromatic rings. The van der Waals surface area contributed by atoms with Gasteiger partial charge >= 0.3 is 5.97 Å². The zero-order chi connectivity index (χ0) is 13.1. The molecule has 2 rings (SSSR count). The largest absolute Gasteiger partial charge is 0.491 e. The molecule has 1 N–H and O–H groups in total. The molecule has 0 unspecified atom stereocenters. The van der Waals surface area contributed by atoms with Gasteiger partial charge in [0.15, 0.2) is 0 Å². The molecular formula is C14H14O4. The molecule has 4 nitrogen and oxygen atoms in total. The van der Waals surface area contributed by atoms with Crippen molar-refractivity contribution in [3.63, 3.8) is 0 Å². The molecule has 0 radical (unpaired) electrons. The summed E-state index contributed by atoms with van der Waals surface area (Å²) in [5.41, 5.74) is 0.792. The lowest BCUT2D eigenvalue weighted by Gasteiger charge is -2.10. The number of rotatable bonds is 4. The predicted octanol–water partition coefficient (Wildman–Crippen LogP) is 3.43. The summed E-state index contributed by atoms with van der Waals surface area (Å²) in [6, 6.07) is 10.4. The number of hydrogen-bond donors (Lipinski definition) is 1. The Labute approximate surface area is 105 Å². The van der Waals surface area contributed by atoms with Gasteiger partial charge in [-0.1, -0.05) is 12.1 Å². The normalized spacial score (nSPS) is 10.6. The van der Waals surface area contributed by atoms with E-state index in [9.17, 15) is 4.79 Å². The minimum absolute atomic E-state index is 0.0693. The van der Waals surface area contributed by atoms with Crippen molar-refractivity contribution in [2.24, 2.45) is 0 Å². The van der Waals surface area contributed by atoms with Crippen LogP contribution in [0.3, 0.4) is 0 Å². The molecule has 0 aliphatic carbocycles. The Morgan fingerprint density at radius 3 is 2.67 bits per heavy atom. The van der Waals surface area contributed by atoms with Gasteiger partial charge in [0.25, 0.3) is 0 Å². The summed E-state index contributed by atoms with van der Waals surface area (Å²) < 4.78 is 10.8. The minimum atomic E-state index is -1.07. The van der Waals surface area contributed by atoms with Crippen molar-refractivity contribution in [2.75, 3.05) is 0 Å². The Hall–Kier alpha value is -2.23. The highest BCUT2D eigenvalue weighted by Gasteiger charge is 2.10. The first-order valence-electron chi connectivity index (χ1n) is 5.66. The van der Waals surface area contributed by atoms with E-state index in [0.717, 1.165) is 11.3 Å². The van der Waals surface area contributed by atoms with Crippen LogP contribution >= 0.6 is 0 Å². The van der Waals surface area contributed by atoms with Crippen LogP contribution in [0.2, 0.25) is 0 Å². The van der Waals surface area contributed by atoms with Crippen LogP contribution in [-0.4, -0.2) is 17.2 Å². The Morgan fingerprint density at radius 1 is 1.28 bits per heavy atom. The second-order valence-electron chi connectivity index (χ2n) is 4.16. The van der Waals surface area contributed by atoms with E-state index in [0.29, 0.717) is 5.76 Å². The molecule has 94 valence electrons. The number of carbonyl (C=O) groups is 1. The van der Waals surface area contributed by atoms with Gasteiger partial charge in [-0.05, 0) is 38.1 Å². The zero-order valence-corrected chi connectivity index (χ0v) is 10.2. The lowest BCUT2D eigenvalue weighted by molar-refractivity contribution is 0.0663. The van der Waals surface area contributed by atoms with Crippen molar-refractivity contribution in [1.82, 2.24) is 0 Å². The summed E-state index contributed by atoms with van der Waals surface area (Å²) in [6.45, 7) is 3.89. The molecule has 0 amide bonds. The van der Waals surface area contributed by atoms with Crippen molar-refractivity contribution in [3.8, 4) is 17.1 Å². The third-order valence-corrected chi connectivity index (χ3v) is 2.31. The van der Waals surface area contributed by atoms with Crippen molar-refractivity contribution in [1.29, 1.82) is 0 Å². The van der Waals surface area contributed by atoms with Gasteiger partial charge in [-0.15, -0.1) is 0 Å². The van der Waals surface area contributed by atoms with Crippen LogP contribution in [0, 0.1) is 0 Å². The second kappa shape index (κ2) is 4.96. The second-order valence-corrected chi connectivity index (χ2v) is 4.16. The van der Waals surface area contributed by atoms with Crippen LogP contribution in [0.1, 0.15) is 24.4 Å². The van der Waals surface area contributed by atoms with Crippen molar-refractivity contribution < 1.29 is 19.1 Å². The Bertz CT molecular complexity index is 554. The first kappa shape index (κ1) is 12.2. The molecule has 18 heavy (non-hydrogen) atoms. The van der Waals surface area contributed by atoms with E-state index < -0.39 is 5.97 Å². The minimum Gasteiger partial charge on any atom is -0.491 e. The highest BCUT2D eigenvalue weighted by molar-refractivity contribution is 5.85. The van der Waals surface area contributed by atoms with Gasteiger partial charge in [-0.25, -0.2) is 4.79 Å². The van der Waals surface area contributed by atoms with Gasteiger partial charge in [0.2, 0.25) is 5.76 Å². The molecule has 1 aromatic heterocycles. The first-order valence-corrected chi connectivity index (χ1v) is 5.66. The maximum Gasteiger partial charge on any atom is 0.371 e. The zero-order valence-electron chi connectivity index (χ0n) is 10.2. The molecule has 1 aromatic carbocycles. The molecule has 0 bridgehead atoms. The molecule has 0 aliphatic heterocycles. The van der Waals surface area contributed by atoms with Crippen LogP contribution in [0.15, 0.2) is 40.8 Å². The summed E-state index contributed by atoms with van der Waals surface area (Å²) >= 11 is 0. The summed E-state index contributed by atoms with van der Waals surface area (Å²) in [5, 5.41) is 8.80. The molecule has 0 spiro atoms. The van der Waals surface area contributed by atoms with Crippen LogP contribution in [0.5, 0.6) is 5.75 Å². The van der Waals surface area contributed by atoms with E-state index in [1.165, 1.54) is 6.07 Å². The molecule has 0 saturated carbocycles. The Kier molecular flexibility index (Phi) is 3.37. The number of benzene rings is 1. The fourth-order valence-electron chi connectivity index (χ4n) is 1.60. The maximum absolute atomic E-state index is 10.7. The lowest BCUT2D eigenvalue weighted by atomic mass is 10.1. The number of carboxylic acid groups (broad SMARTS) is 1. The van der Waals surface area contributed by atoms with Gasteiger partial charge in [0.1, 0.15) is 11.5 Å². The quantitative estimate of drug-likeness (QED) is 0.897. The molecule has 0 saturated heterocycles. The number of furan rings is 1. The Balaban J connectivity index is 2.29. The van der Waals surface area contributed by atoms with E-state index in [4.69, 9.17) is 14.3 Å². The van der Waals surface area contributed by atoms with Crippen LogP contribution in [0.4, 0.5) is 0 Å². The summed E-state index contributed by atoms with van der Waals surface area (Å²) in [5.74, 6) is 0.105. The van der Waals surface area contributed by atoms with E-state index in [1.54, 1.807) is 6.07 Å². The molecular weight excluding hydrogens is 232 g/mol. The van der Waals surface area contributed by atoms with E-state index >= 15 is 0 Å². The van der Waals surface area contributed by atoms with Gasteiger partial charge < -0.3 is 14.3 Å². The van der Waals surface area contributed by atoms with Gasteiger partial charge in [0.05, 0.1) is 6.10 Å². The third kappa shape index (κ3) is 2.71. The molecule has 0 aliphatic rings. The fraction of sp³-hybridized carbons (Fsp3) is 0.214. The molecule has 1 heterocycles. The summed E-state index contributed by atoms with van der Waals surface area (Å²) in [7, 11) is 0. The highest BCUT2D eigenvalue weighted by atomic mass is 16.5. The standard InChI is InChI=1S/C14H14O4/c1-9(2)17-11-5-3-4-10(8-11)12-6-7-13(18-12)14(15)16/h3-9H,1-2H3,(H,15,16). The summed E-state index contributed by atoms with van der Waals surface area (Å²) in [6.07, 6.45) is 0.0893. The molecule has 0 fully saturated rings. The smallest absolute Gasteiger partial charge is 0.371 e. The fourth-order valence-corrected chi connectivity index (χ4v) is 1.60. The topological polar surface area (TPSA) is 59.7 Å². The predicted molar refractivity (Wildman–Crippen MR) is 66.9 cm³/mol. The van der Waals surface area contributed by atoms with Gasteiger partial charge in [0, 0.05) is 5.56 Å². The number of carboxylic acids is 1. The molecule has 4 heteroatoms. The third-order valence-electron chi connectivity index (χ3n) is 2.31. The van der Waals surface area contributed by atoms with E-state index in [2.05, 4.69) is 0 Å². The monoisotopic (exact) mass is 246 g/mol. The average molecular weight is 246 g/mol. The molecule has 0 atom stereocenters. The van der Waals surface area contributed by atoms with Gasteiger partial charge in [-0.3, -0.25) is 0 Å². The maximum atomic E-state index is 10.7. The van der Waals surface area contributed by atoms with Crippen molar-refractivity contribution >= 4 is 5.97 Å². The first-order chi connectivity index (χ1) is 8.56. The van der Waals surface area contributed by atoms with Crippen LogP contribution in [-0.2, 0) is 0 Å². The average Bonchev–Trinajstić information content (AvgIpc) is 2.77. The number of ether oxygens (including phenoxy) is 1. The Morgan fingerprint density at radius 2 is 2.06 bits per heavy atom. The van der Waals surface area contributed by atoms with Crippen molar-refractivity contribution in [2.45, 2.75) is 20.0 Å². The van der Waals surface area contributed by atoms with Crippen LogP contribution < -0.4 is 4.74 Å². The number of hydrogen-bond acceptors (Lipinski definition) is 3. The van der Waals surface area contributed by atoms with E-state index in [1.807, 2.05) is 38.1 Å². The summed E-state index contributed by atoms with van der Waals surface area (Å²) in [4.78, 5) is 10.7. The van der Waals surface area contributed by atoms with Gasteiger partial charge in [-0.2, -0.15) is 0 Å². The lowest BCUT2D eigenvalue weighted by Crippen LogP contribution is -2.05. The SMILES string of the molecule is CC(C)Oc1cccc(-c2ccc(C(=O)O)o2)c1. The number of aromatic carboxylic acids is 1. The van der Waals surface area contributed by atoms with E-state index in [-0.39, 0.29) is 11.9 Å².